The van der Waals surface area contributed by atoms with Crippen LogP contribution in [0.15, 0.2) is 28.7 Å². The predicted molar refractivity (Wildman–Crippen MR) is 84.7 cm³/mol. The minimum Gasteiger partial charge on any atom is -0.300 e. The van der Waals surface area contributed by atoms with Gasteiger partial charge >= 0.3 is 0 Å². The molecule has 2 unspecified atom stereocenters. The van der Waals surface area contributed by atoms with Crippen LogP contribution in [0.3, 0.4) is 0 Å². The van der Waals surface area contributed by atoms with Crippen molar-refractivity contribution in [2.24, 2.45) is 0 Å². The average Bonchev–Trinajstić information content (AvgIpc) is 3.09. The summed E-state index contributed by atoms with van der Waals surface area (Å²) in [5.41, 5.74) is 1.50. The van der Waals surface area contributed by atoms with Gasteiger partial charge in [0.15, 0.2) is 0 Å². The molecule has 1 saturated carbocycles. The van der Waals surface area contributed by atoms with E-state index < -0.39 is 0 Å². The van der Waals surface area contributed by atoms with E-state index in [0.717, 1.165) is 12.0 Å². The fourth-order valence-corrected chi connectivity index (χ4v) is 3.29. The minimum absolute atomic E-state index is 0. The Labute approximate surface area is 125 Å². The molecule has 0 aliphatic heterocycles. The molecular weight excluding hydrogens is 310 g/mol. The minimum atomic E-state index is 0. The fourth-order valence-electron chi connectivity index (χ4n) is 2.71. The van der Waals surface area contributed by atoms with E-state index in [1.54, 1.807) is 0 Å². The average molecular weight is 333 g/mol. The van der Waals surface area contributed by atoms with Crippen LogP contribution >= 0.6 is 28.3 Å². The molecule has 102 valence electrons. The van der Waals surface area contributed by atoms with Crippen molar-refractivity contribution < 1.29 is 0 Å². The van der Waals surface area contributed by atoms with Crippen molar-refractivity contribution in [1.29, 1.82) is 0 Å². The summed E-state index contributed by atoms with van der Waals surface area (Å²) in [6.07, 6.45) is 3.86. The first-order valence-electron chi connectivity index (χ1n) is 6.76. The molecule has 0 spiro atoms. The highest BCUT2D eigenvalue weighted by Crippen LogP contribution is 2.47. The largest absolute Gasteiger partial charge is 0.300 e. The number of benzene rings is 1. The molecule has 2 rings (SSSR count). The van der Waals surface area contributed by atoms with Gasteiger partial charge in [-0.1, -0.05) is 48.0 Å². The summed E-state index contributed by atoms with van der Waals surface area (Å²) >= 11 is 3.67. The molecule has 1 aliphatic carbocycles. The Hall–Kier alpha value is -0.0500. The van der Waals surface area contributed by atoms with Gasteiger partial charge < -0.3 is 0 Å². The highest BCUT2D eigenvalue weighted by molar-refractivity contribution is 9.10. The van der Waals surface area contributed by atoms with Gasteiger partial charge in [-0.3, -0.25) is 4.90 Å². The number of rotatable bonds is 6. The molecule has 0 heterocycles. The zero-order valence-electron chi connectivity index (χ0n) is 11.2. The van der Waals surface area contributed by atoms with E-state index in [0.29, 0.717) is 0 Å². The monoisotopic (exact) mass is 331 g/mol. The number of halogens is 2. The van der Waals surface area contributed by atoms with E-state index in [4.69, 9.17) is 0 Å². The first kappa shape index (κ1) is 16.0. The predicted octanol–water partition coefficient (Wildman–Crippen LogP) is 4.85. The van der Waals surface area contributed by atoms with Gasteiger partial charge in [-0.05, 0) is 44.0 Å². The van der Waals surface area contributed by atoms with Crippen LogP contribution in [0.1, 0.15) is 44.6 Å². The number of hydrogen-bond donors (Lipinski definition) is 0. The van der Waals surface area contributed by atoms with Crippen molar-refractivity contribution in [3.63, 3.8) is 0 Å². The maximum atomic E-state index is 3.67. The molecule has 0 aromatic heterocycles. The zero-order valence-corrected chi connectivity index (χ0v) is 13.6. The van der Waals surface area contributed by atoms with Crippen molar-refractivity contribution in [3.8, 4) is 0 Å². The van der Waals surface area contributed by atoms with Crippen molar-refractivity contribution in [1.82, 2.24) is 4.90 Å². The van der Waals surface area contributed by atoms with Crippen LogP contribution in [0.2, 0.25) is 0 Å². The smallest absolute Gasteiger partial charge is 0.0210 e. The summed E-state index contributed by atoms with van der Waals surface area (Å²) in [6, 6.07) is 9.47. The molecule has 0 saturated heterocycles. The lowest BCUT2D eigenvalue weighted by molar-refractivity contribution is 0.260. The van der Waals surface area contributed by atoms with Gasteiger partial charge in [-0.25, -0.2) is 0 Å². The fraction of sp³-hybridized carbons (Fsp3) is 0.600. The molecule has 1 aliphatic rings. The first-order chi connectivity index (χ1) is 8.27. The molecule has 1 fully saturated rings. The molecule has 0 bridgehead atoms. The number of nitrogens with zero attached hydrogens (tertiary/aromatic N) is 1. The summed E-state index contributed by atoms with van der Waals surface area (Å²) in [4.78, 5) is 2.67. The second-order valence-electron chi connectivity index (χ2n) is 4.97. The van der Waals surface area contributed by atoms with Gasteiger partial charge in [0, 0.05) is 16.4 Å². The third-order valence-corrected chi connectivity index (χ3v) is 4.27. The third kappa shape index (κ3) is 3.72. The Morgan fingerprint density at radius 3 is 2.33 bits per heavy atom. The van der Waals surface area contributed by atoms with Gasteiger partial charge in [0.25, 0.3) is 0 Å². The SMILES string of the molecule is CCCN(CCC)C1CC1c1ccccc1Br.Cl. The molecule has 2 atom stereocenters. The van der Waals surface area contributed by atoms with Gasteiger partial charge in [-0.15, -0.1) is 12.4 Å². The maximum absolute atomic E-state index is 3.67. The summed E-state index contributed by atoms with van der Waals surface area (Å²) in [5.74, 6) is 0.753. The van der Waals surface area contributed by atoms with Gasteiger partial charge in [-0.2, -0.15) is 0 Å². The Morgan fingerprint density at radius 2 is 1.78 bits per heavy atom. The number of hydrogen-bond acceptors (Lipinski definition) is 1. The molecule has 0 amide bonds. The lowest BCUT2D eigenvalue weighted by Gasteiger charge is -2.21. The Bertz CT molecular complexity index is 363. The first-order valence-corrected chi connectivity index (χ1v) is 7.55. The topological polar surface area (TPSA) is 3.24 Å². The van der Waals surface area contributed by atoms with Crippen molar-refractivity contribution in [2.75, 3.05) is 13.1 Å². The van der Waals surface area contributed by atoms with Crippen LogP contribution in [-0.4, -0.2) is 24.0 Å². The molecule has 0 N–H and O–H groups in total. The Kier molecular flexibility index (Phi) is 6.68. The maximum Gasteiger partial charge on any atom is 0.0210 e. The lowest BCUT2D eigenvalue weighted by Crippen LogP contribution is -2.28. The Balaban J connectivity index is 0.00000162. The van der Waals surface area contributed by atoms with Gasteiger partial charge in [0.05, 0.1) is 0 Å². The van der Waals surface area contributed by atoms with Crippen LogP contribution in [0, 0.1) is 0 Å². The zero-order chi connectivity index (χ0) is 12.3. The van der Waals surface area contributed by atoms with E-state index in [2.05, 4.69) is 58.9 Å². The van der Waals surface area contributed by atoms with E-state index in [9.17, 15) is 0 Å². The second-order valence-corrected chi connectivity index (χ2v) is 5.82. The second kappa shape index (κ2) is 7.52. The lowest BCUT2D eigenvalue weighted by atomic mass is 10.1. The molecule has 1 nitrogen and oxygen atoms in total. The molecule has 3 heteroatoms. The van der Waals surface area contributed by atoms with E-state index in [1.165, 1.54) is 42.4 Å². The third-order valence-electron chi connectivity index (χ3n) is 3.55. The molecular formula is C15H23BrClN. The van der Waals surface area contributed by atoms with Crippen LogP contribution in [0.4, 0.5) is 0 Å². The van der Waals surface area contributed by atoms with Gasteiger partial charge in [0.2, 0.25) is 0 Å². The standard InChI is InChI=1S/C15H22BrN.ClH/c1-3-9-17(10-4-2)15-11-13(15)12-7-5-6-8-14(12)16;/h5-8,13,15H,3-4,9-11H2,1-2H3;1H. The van der Waals surface area contributed by atoms with E-state index in [-0.39, 0.29) is 12.4 Å². The van der Waals surface area contributed by atoms with Gasteiger partial charge in [0.1, 0.15) is 0 Å². The van der Waals surface area contributed by atoms with Crippen LogP contribution in [0.5, 0.6) is 0 Å². The van der Waals surface area contributed by atoms with Crippen LogP contribution < -0.4 is 0 Å². The summed E-state index contributed by atoms with van der Waals surface area (Å²) in [6.45, 7) is 7.05. The summed E-state index contributed by atoms with van der Waals surface area (Å²) in [7, 11) is 0. The summed E-state index contributed by atoms with van der Waals surface area (Å²) < 4.78 is 1.28. The summed E-state index contributed by atoms with van der Waals surface area (Å²) in [5, 5.41) is 0. The van der Waals surface area contributed by atoms with E-state index >= 15 is 0 Å². The normalized spacial score (nSPS) is 21.8. The van der Waals surface area contributed by atoms with E-state index in [1.807, 2.05) is 0 Å². The highest BCUT2D eigenvalue weighted by atomic mass is 79.9. The van der Waals surface area contributed by atoms with Crippen molar-refractivity contribution in [3.05, 3.63) is 34.3 Å². The molecule has 18 heavy (non-hydrogen) atoms. The quantitative estimate of drug-likeness (QED) is 0.720. The molecule has 0 radical (unpaired) electrons. The Morgan fingerprint density at radius 1 is 1.17 bits per heavy atom. The van der Waals surface area contributed by atoms with Crippen molar-refractivity contribution in [2.45, 2.75) is 45.1 Å². The van der Waals surface area contributed by atoms with Crippen molar-refractivity contribution >= 4 is 28.3 Å². The highest BCUT2D eigenvalue weighted by Gasteiger charge is 2.42. The van der Waals surface area contributed by atoms with Crippen LogP contribution in [0.25, 0.3) is 0 Å². The molecule has 1 aromatic rings. The molecule has 1 aromatic carbocycles. The van der Waals surface area contributed by atoms with Crippen LogP contribution in [-0.2, 0) is 0 Å².